The van der Waals surface area contributed by atoms with Gasteiger partial charge in [-0.1, -0.05) is 0 Å². The second kappa shape index (κ2) is 5.68. The van der Waals surface area contributed by atoms with E-state index in [9.17, 15) is 0 Å². The molecule has 2 aromatic rings. The Balaban J connectivity index is 1.76. The van der Waals surface area contributed by atoms with Crippen LogP contribution in [0.25, 0.3) is 11.5 Å². The maximum atomic E-state index is 9.15. The average Bonchev–Trinajstić information content (AvgIpc) is 3.06. The lowest BCUT2D eigenvalue weighted by molar-refractivity contribution is 0.173. The summed E-state index contributed by atoms with van der Waals surface area (Å²) in [5, 5.41) is 20.5. The van der Waals surface area contributed by atoms with Crippen LogP contribution in [0.5, 0.6) is 0 Å². The monoisotopic (exact) mass is 287 g/mol. The minimum atomic E-state index is -0.160. The first-order valence-corrected chi connectivity index (χ1v) is 6.91. The summed E-state index contributed by atoms with van der Waals surface area (Å²) in [5.74, 6) is 2.56. The van der Waals surface area contributed by atoms with Crippen molar-refractivity contribution in [2.24, 2.45) is 0 Å². The van der Waals surface area contributed by atoms with Crippen molar-refractivity contribution in [1.29, 1.82) is 5.26 Å². The van der Waals surface area contributed by atoms with E-state index in [2.05, 4.69) is 21.6 Å². The summed E-state index contributed by atoms with van der Waals surface area (Å²) in [4.78, 5) is 2.04. The highest BCUT2D eigenvalue weighted by Crippen LogP contribution is 2.25. The van der Waals surface area contributed by atoms with Crippen LogP contribution >= 0.6 is 0 Å². The topological polar surface area (TPSA) is 91.1 Å². The second-order valence-electron chi connectivity index (χ2n) is 5.15. The van der Waals surface area contributed by atoms with Crippen molar-refractivity contribution in [3.8, 4) is 17.5 Å². The van der Waals surface area contributed by atoms with Crippen molar-refractivity contribution in [3.05, 3.63) is 23.5 Å². The molecule has 2 aromatic heterocycles. The number of aryl methyl sites for hydroxylation is 2. The van der Waals surface area contributed by atoms with Crippen LogP contribution in [0.2, 0.25) is 0 Å². The molecule has 110 valence electrons. The normalized spacial score (nSPS) is 19.6. The lowest BCUT2D eigenvalue weighted by Crippen LogP contribution is -2.50. The number of hydrogen-bond acceptors (Lipinski definition) is 7. The van der Waals surface area contributed by atoms with Crippen LogP contribution in [0, 0.1) is 25.2 Å². The van der Waals surface area contributed by atoms with Gasteiger partial charge in [-0.15, -0.1) is 10.2 Å². The van der Waals surface area contributed by atoms with Gasteiger partial charge in [0.25, 0.3) is 5.89 Å². The number of nitrogens with zero attached hydrogens (tertiary/aromatic N) is 4. The maximum absolute atomic E-state index is 9.15. The van der Waals surface area contributed by atoms with Gasteiger partial charge in [-0.3, -0.25) is 4.90 Å². The van der Waals surface area contributed by atoms with Crippen LogP contribution in [0.15, 0.2) is 14.9 Å². The van der Waals surface area contributed by atoms with Gasteiger partial charge < -0.3 is 14.2 Å². The first-order valence-electron chi connectivity index (χ1n) is 6.91. The third-order valence-electron chi connectivity index (χ3n) is 3.58. The highest BCUT2D eigenvalue weighted by molar-refractivity contribution is 5.55. The number of nitrogens with one attached hydrogen (secondary N) is 1. The van der Waals surface area contributed by atoms with Crippen LogP contribution < -0.4 is 5.32 Å². The molecule has 0 spiro atoms. The third kappa shape index (κ3) is 2.82. The Hall–Kier alpha value is -2.17. The Morgan fingerprint density at radius 1 is 1.43 bits per heavy atom. The Labute approximate surface area is 122 Å². The van der Waals surface area contributed by atoms with Crippen molar-refractivity contribution >= 4 is 0 Å². The lowest BCUT2D eigenvalue weighted by atomic mass is 10.2. The Bertz CT molecular complexity index is 669. The van der Waals surface area contributed by atoms with Gasteiger partial charge in [0.2, 0.25) is 5.89 Å². The van der Waals surface area contributed by atoms with Crippen LogP contribution in [-0.4, -0.2) is 40.8 Å². The molecule has 1 fully saturated rings. The van der Waals surface area contributed by atoms with E-state index < -0.39 is 0 Å². The third-order valence-corrected chi connectivity index (χ3v) is 3.58. The molecule has 7 nitrogen and oxygen atoms in total. The van der Waals surface area contributed by atoms with E-state index in [0.717, 1.165) is 30.2 Å². The Morgan fingerprint density at radius 3 is 3.00 bits per heavy atom. The van der Waals surface area contributed by atoms with Gasteiger partial charge in [0, 0.05) is 19.6 Å². The zero-order valence-corrected chi connectivity index (χ0v) is 12.1. The fourth-order valence-corrected chi connectivity index (χ4v) is 2.51. The molecule has 7 heteroatoms. The van der Waals surface area contributed by atoms with Crippen LogP contribution in [0.4, 0.5) is 0 Å². The van der Waals surface area contributed by atoms with E-state index in [0.29, 0.717) is 24.9 Å². The molecule has 1 atom stereocenters. The molecule has 3 rings (SSSR count). The number of nitriles is 1. The van der Waals surface area contributed by atoms with Gasteiger partial charge >= 0.3 is 0 Å². The molecule has 0 aliphatic carbocycles. The number of rotatable bonds is 3. The maximum Gasteiger partial charge on any atom is 0.251 e. The number of piperazine rings is 1. The van der Waals surface area contributed by atoms with Gasteiger partial charge in [0.15, 0.2) is 0 Å². The molecule has 1 saturated heterocycles. The molecular formula is C14H17N5O2. The van der Waals surface area contributed by atoms with E-state index in [1.165, 1.54) is 0 Å². The number of furan rings is 1. The van der Waals surface area contributed by atoms with Crippen LogP contribution in [0.3, 0.4) is 0 Å². The first-order chi connectivity index (χ1) is 10.2. The summed E-state index contributed by atoms with van der Waals surface area (Å²) in [7, 11) is 0. The SMILES string of the molecule is Cc1cc(-c2nnc(CN3CCNCC3C#N)o2)c(C)o1. The van der Waals surface area contributed by atoms with Gasteiger partial charge in [0.05, 0.1) is 18.2 Å². The molecule has 1 N–H and O–H groups in total. The number of aromatic nitrogens is 2. The second-order valence-corrected chi connectivity index (χ2v) is 5.15. The molecule has 0 aromatic carbocycles. The zero-order chi connectivity index (χ0) is 14.8. The molecule has 0 bridgehead atoms. The Kier molecular flexibility index (Phi) is 3.73. The van der Waals surface area contributed by atoms with E-state index >= 15 is 0 Å². The van der Waals surface area contributed by atoms with Crippen molar-refractivity contribution in [3.63, 3.8) is 0 Å². The quantitative estimate of drug-likeness (QED) is 0.908. The summed E-state index contributed by atoms with van der Waals surface area (Å²) in [6.07, 6.45) is 0. The Morgan fingerprint density at radius 2 is 2.29 bits per heavy atom. The van der Waals surface area contributed by atoms with Crippen molar-refractivity contribution in [2.45, 2.75) is 26.4 Å². The molecule has 0 saturated carbocycles. The molecule has 1 unspecified atom stereocenters. The lowest BCUT2D eigenvalue weighted by Gasteiger charge is -2.30. The van der Waals surface area contributed by atoms with E-state index in [-0.39, 0.29) is 6.04 Å². The fraction of sp³-hybridized carbons (Fsp3) is 0.500. The molecule has 1 aliphatic heterocycles. The van der Waals surface area contributed by atoms with Crippen molar-refractivity contribution in [1.82, 2.24) is 20.4 Å². The predicted octanol–water partition coefficient (Wildman–Crippen LogP) is 1.24. The first kappa shape index (κ1) is 13.8. The van der Waals surface area contributed by atoms with Crippen molar-refractivity contribution in [2.75, 3.05) is 19.6 Å². The molecule has 21 heavy (non-hydrogen) atoms. The molecule has 1 aliphatic rings. The summed E-state index contributed by atoms with van der Waals surface area (Å²) < 4.78 is 11.2. The predicted molar refractivity (Wildman–Crippen MR) is 74.2 cm³/mol. The standard InChI is InChI=1S/C14H17N5O2/c1-9-5-12(10(2)20-9)14-18-17-13(21-14)8-19-4-3-16-7-11(19)6-15/h5,11,16H,3-4,7-8H2,1-2H3. The molecule has 3 heterocycles. The van der Waals surface area contributed by atoms with Gasteiger partial charge in [-0.05, 0) is 19.9 Å². The fourth-order valence-electron chi connectivity index (χ4n) is 2.51. The van der Waals surface area contributed by atoms with E-state index in [1.807, 2.05) is 24.8 Å². The van der Waals surface area contributed by atoms with E-state index in [4.69, 9.17) is 14.1 Å². The molecule has 0 amide bonds. The molecule has 0 radical (unpaired) electrons. The average molecular weight is 287 g/mol. The highest BCUT2D eigenvalue weighted by Gasteiger charge is 2.24. The highest BCUT2D eigenvalue weighted by atomic mass is 16.4. The van der Waals surface area contributed by atoms with Crippen molar-refractivity contribution < 1.29 is 8.83 Å². The summed E-state index contributed by atoms with van der Waals surface area (Å²) in [6, 6.07) is 4.01. The minimum absolute atomic E-state index is 0.160. The molecular weight excluding hydrogens is 270 g/mol. The minimum Gasteiger partial charge on any atom is -0.466 e. The van der Waals surface area contributed by atoms with Crippen LogP contribution in [0.1, 0.15) is 17.4 Å². The smallest absolute Gasteiger partial charge is 0.251 e. The van der Waals surface area contributed by atoms with Gasteiger partial charge in [0.1, 0.15) is 17.6 Å². The largest absolute Gasteiger partial charge is 0.466 e. The summed E-state index contributed by atoms with van der Waals surface area (Å²) in [6.45, 7) is 6.56. The van der Waals surface area contributed by atoms with Gasteiger partial charge in [-0.2, -0.15) is 5.26 Å². The van der Waals surface area contributed by atoms with Gasteiger partial charge in [-0.25, -0.2) is 0 Å². The number of hydrogen-bond donors (Lipinski definition) is 1. The summed E-state index contributed by atoms with van der Waals surface area (Å²) >= 11 is 0. The van der Waals surface area contributed by atoms with Crippen LogP contribution in [-0.2, 0) is 6.54 Å². The zero-order valence-electron chi connectivity index (χ0n) is 12.1. The van der Waals surface area contributed by atoms with E-state index in [1.54, 1.807) is 0 Å². The summed E-state index contributed by atoms with van der Waals surface area (Å²) in [5.41, 5.74) is 0.823.